The number of carbonyl (C=O) groups excluding carboxylic acids is 1. The Balaban J connectivity index is 1.55. The quantitative estimate of drug-likeness (QED) is 0.638. The topological polar surface area (TPSA) is 84.0 Å². The lowest BCUT2D eigenvalue weighted by Gasteiger charge is -2.36. The molecule has 0 saturated carbocycles. The zero-order valence-electron chi connectivity index (χ0n) is 17.3. The Hall–Kier alpha value is -3.09. The van der Waals surface area contributed by atoms with Crippen LogP contribution in [0.4, 0.5) is 4.79 Å². The van der Waals surface area contributed by atoms with E-state index in [2.05, 4.69) is 16.0 Å². The van der Waals surface area contributed by atoms with Gasteiger partial charge in [-0.1, -0.05) is 24.3 Å². The summed E-state index contributed by atoms with van der Waals surface area (Å²) >= 11 is 0. The van der Waals surface area contributed by atoms with Gasteiger partial charge in [0.1, 0.15) is 5.60 Å². The van der Waals surface area contributed by atoms with Crippen molar-refractivity contribution in [3.63, 3.8) is 0 Å². The lowest BCUT2D eigenvalue weighted by atomic mass is 10.1. The molecule has 7 nitrogen and oxygen atoms in total. The first-order chi connectivity index (χ1) is 13.8. The van der Waals surface area contributed by atoms with Crippen molar-refractivity contribution in [2.45, 2.75) is 32.9 Å². The van der Waals surface area contributed by atoms with Crippen LogP contribution in [-0.2, 0) is 11.3 Å². The fourth-order valence-electron chi connectivity index (χ4n) is 3.08. The van der Waals surface area contributed by atoms with Crippen molar-refractivity contribution < 1.29 is 9.53 Å². The number of hydrogen-bond donors (Lipinski definition) is 1. The van der Waals surface area contributed by atoms with E-state index in [1.165, 1.54) is 0 Å². The zero-order chi connectivity index (χ0) is 20.9. The molecule has 0 radical (unpaired) electrons. The molecule has 1 amide bonds. The molecule has 0 aliphatic carbocycles. The first-order valence-electron chi connectivity index (χ1n) is 9.85. The summed E-state index contributed by atoms with van der Waals surface area (Å²) in [5, 5.41) is 0. The smallest absolute Gasteiger partial charge is 0.410 e. The number of carbonyl (C=O) groups is 1. The Bertz CT molecular complexity index is 853. The van der Waals surface area contributed by atoms with Gasteiger partial charge in [0.2, 0.25) is 0 Å². The molecule has 2 N–H and O–H groups in total. The molecule has 2 aromatic rings. The number of piperazine rings is 1. The maximum atomic E-state index is 12.2. The van der Waals surface area contributed by atoms with Gasteiger partial charge in [0.25, 0.3) is 0 Å². The Labute approximate surface area is 172 Å². The van der Waals surface area contributed by atoms with Crippen LogP contribution in [0.5, 0.6) is 0 Å². The third-order valence-electron chi connectivity index (χ3n) is 4.57. The highest BCUT2D eigenvalue weighted by atomic mass is 16.6. The molecule has 1 fully saturated rings. The van der Waals surface area contributed by atoms with Gasteiger partial charge in [-0.3, -0.25) is 4.98 Å². The van der Waals surface area contributed by atoms with E-state index in [1.807, 2.05) is 62.1 Å². The molecular weight excluding hydrogens is 366 g/mol. The van der Waals surface area contributed by atoms with Crippen LogP contribution in [-0.4, -0.2) is 58.6 Å². The minimum Gasteiger partial charge on any atom is -0.444 e. The van der Waals surface area contributed by atoms with E-state index < -0.39 is 5.60 Å². The van der Waals surface area contributed by atoms with Gasteiger partial charge in [0.15, 0.2) is 5.96 Å². The number of nitrogens with two attached hydrogens (primary N) is 1. The number of hydrogen-bond acceptors (Lipinski definition) is 4. The molecule has 0 spiro atoms. The Morgan fingerprint density at radius 1 is 1.10 bits per heavy atom. The number of rotatable bonds is 3. The fourth-order valence-corrected chi connectivity index (χ4v) is 3.08. The van der Waals surface area contributed by atoms with Gasteiger partial charge in [-0.05, 0) is 44.5 Å². The van der Waals surface area contributed by atoms with Crippen molar-refractivity contribution in [2.24, 2.45) is 10.7 Å². The molecule has 0 unspecified atom stereocenters. The number of pyridine rings is 1. The van der Waals surface area contributed by atoms with Gasteiger partial charge in [0, 0.05) is 37.9 Å². The number of ether oxygens (including phenoxy) is 1. The number of amides is 1. The second kappa shape index (κ2) is 8.94. The van der Waals surface area contributed by atoms with Crippen LogP contribution in [0, 0.1) is 0 Å². The first kappa shape index (κ1) is 20.6. The molecule has 1 saturated heterocycles. The van der Waals surface area contributed by atoms with Crippen LogP contribution in [0.2, 0.25) is 0 Å². The number of aromatic nitrogens is 1. The lowest BCUT2D eigenvalue weighted by Crippen LogP contribution is -2.53. The zero-order valence-corrected chi connectivity index (χ0v) is 17.3. The maximum absolute atomic E-state index is 12.2. The normalized spacial score (nSPS) is 15.3. The van der Waals surface area contributed by atoms with Gasteiger partial charge in [-0.15, -0.1) is 0 Å². The van der Waals surface area contributed by atoms with E-state index >= 15 is 0 Å². The molecule has 2 heterocycles. The highest BCUT2D eigenvalue weighted by Gasteiger charge is 2.26. The number of guanidine groups is 1. The Kier molecular flexibility index (Phi) is 6.36. The Morgan fingerprint density at radius 3 is 2.48 bits per heavy atom. The van der Waals surface area contributed by atoms with E-state index in [0.29, 0.717) is 38.7 Å². The van der Waals surface area contributed by atoms with Crippen molar-refractivity contribution in [3.8, 4) is 11.3 Å². The summed E-state index contributed by atoms with van der Waals surface area (Å²) in [4.78, 5) is 24.8. The van der Waals surface area contributed by atoms with Crippen LogP contribution in [0.1, 0.15) is 26.3 Å². The number of aliphatic imine (C=N–C) groups is 1. The van der Waals surface area contributed by atoms with Crippen LogP contribution in [0.25, 0.3) is 11.3 Å². The van der Waals surface area contributed by atoms with Crippen LogP contribution >= 0.6 is 0 Å². The molecule has 3 rings (SSSR count). The average molecular weight is 396 g/mol. The molecule has 0 bridgehead atoms. The van der Waals surface area contributed by atoms with E-state index in [0.717, 1.165) is 16.8 Å². The molecule has 1 aromatic carbocycles. The molecule has 29 heavy (non-hydrogen) atoms. The van der Waals surface area contributed by atoms with E-state index in [9.17, 15) is 4.79 Å². The van der Waals surface area contributed by atoms with Crippen LogP contribution in [0.15, 0.2) is 53.7 Å². The van der Waals surface area contributed by atoms with Crippen molar-refractivity contribution in [2.75, 3.05) is 26.2 Å². The molecule has 1 aliphatic rings. The lowest BCUT2D eigenvalue weighted by molar-refractivity contribution is 0.0186. The van der Waals surface area contributed by atoms with Crippen molar-refractivity contribution in [3.05, 3.63) is 54.2 Å². The monoisotopic (exact) mass is 395 g/mol. The summed E-state index contributed by atoms with van der Waals surface area (Å²) in [5.74, 6) is 0.497. The summed E-state index contributed by atoms with van der Waals surface area (Å²) in [5.41, 5.74) is 8.78. The fraction of sp³-hybridized carbons (Fsp3) is 0.409. The summed E-state index contributed by atoms with van der Waals surface area (Å²) in [7, 11) is 0. The molecule has 7 heteroatoms. The van der Waals surface area contributed by atoms with E-state index in [1.54, 1.807) is 11.1 Å². The third-order valence-corrected chi connectivity index (χ3v) is 4.57. The van der Waals surface area contributed by atoms with Gasteiger partial charge in [-0.2, -0.15) is 0 Å². The largest absolute Gasteiger partial charge is 0.444 e. The minimum atomic E-state index is -0.488. The van der Waals surface area contributed by atoms with Crippen LogP contribution < -0.4 is 5.73 Å². The molecular formula is C22H29N5O2. The minimum absolute atomic E-state index is 0.279. The molecule has 1 aliphatic heterocycles. The predicted molar refractivity (Wildman–Crippen MR) is 114 cm³/mol. The van der Waals surface area contributed by atoms with E-state index in [4.69, 9.17) is 10.5 Å². The predicted octanol–water partition coefficient (Wildman–Crippen LogP) is 3.12. The second-order valence-corrected chi connectivity index (χ2v) is 8.04. The van der Waals surface area contributed by atoms with Gasteiger partial charge < -0.3 is 20.3 Å². The van der Waals surface area contributed by atoms with Gasteiger partial charge >= 0.3 is 6.09 Å². The summed E-state index contributed by atoms with van der Waals surface area (Å²) in [6.45, 7) is 8.53. The van der Waals surface area contributed by atoms with E-state index in [-0.39, 0.29) is 6.09 Å². The SMILES string of the molecule is CC(C)(C)OC(=O)N1CCN(C(N)=NCc2cccc(-c3ccccn3)c2)CC1. The highest BCUT2D eigenvalue weighted by Crippen LogP contribution is 2.18. The summed E-state index contributed by atoms with van der Waals surface area (Å²) in [6.07, 6.45) is 1.51. The first-order valence-corrected chi connectivity index (χ1v) is 9.85. The summed E-state index contributed by atoms with van der Waals surface area (Å²) < 4.78 is 5.43. The van der Waals surface area contributed by atoms with Gasteiger partial charge in [0.05, 0.1) is 12.2 Å². The Morgan fingerprint density at radius 2 is 1.83 bits per heavy atom. The van der Waals surface area contributed by atoms with Gasteiger partial charge in [-0.25, -0.2) is 9.79 Å². The third kappa shape index (κ3) is 5.94. The molecule has 1 aromatic heterocycles. The molecule has 154 valence electrons. The van der Waals surface area contributed by atoms with Crippen molar-refractivity contribution in [1.82, 2.24) is 14.8 Å². The average Bonchev–Trinajstić information content (AvgIpc) is 2.72. The standard InChI is InChI=1S/C22H29N5O2/c1-22(2,3)29-21(28)27-13-11-26(12-14-27)20(23)25-16-17-7-6-8-18(15-17)19-9-4-5-10-24-19/h4-10,15H,11-14,16H2,1-3H3,(H2,23,25). The number of nitrogens with zero attached hydrogens (tertiary/aromatic N) is 4. The summed E-state index contributed by atoms with van der Waals surface area (Å²) in [6, 6.07) is 14.0. The van der Waals surface area contributed by atoms with Crippen LogP contribution in [0.3, 0.4) is 0 Å². The van der Waals surface area contributed by atoms with Crippen molar-refractivity contribution >= 4 is 12.1 Å². The highest BCUT2D eigenvalue weighted by molar-refractivity contribution is 5.78. The maximum Gasteiger partial charge on any atom is 0.410 e. The van der Waals surface area contributed by atoms with Crippen molar-refractivity contribution in [1.29, 1.82) is 0 Å². The number of benzene rings is 1. The second-order valence-electron chi connectivity index (χ2n) is 8.04. The molecule has 0 atom stereocenters.